The van der Waals surface area contributed by atoms with Crippen LogP contribution in [0.2, 0.25) is 10.0 Å². The van der Waals surface area contributed by atoms with Gasteiger partial charge in [0.15, 0.2) is 0 Å². The van der Waals surface area contributed by atoms with E-state index in [4.69, 9.17) is 23.2 Å². The largest absolute Gasteiger partial charge is 0.307 e. The van der Waals surface area contributed by atoms with E-state index in [-0.39, 0.29) is 46.8 Å². The monoisotopic (exact) mass is 494 g/mol. The molecule has 0 aliphatic carbocycles. The molecule has 3 aromatic rings. The summed E-state index contributed by atoms with van der Waals surface area (Å²) in [6, 6.07) is 19.1. The van der Waals surface area contributed by atoms with Crippen molar-refractivity contribution in [2.24, 2.45) is 0 Å². The lowest BCUT2D eigenvalue weighted by molar-refractivity contribution is 0.0654. The molecule has 0 bridgehead atoms. The van der Waals surface area contributed by atoms with Crippen LogP contribution in [0.5, 0.6) is 0 Å². The molecule has 3 aromatic carbocycles. The summed E-state index contributed by atoms with van der Waals surface area (Å²) in [4.78, 5) is 41.9. The van der Waals surface area contributed by atoms with Gasteiger partial charge in [0.25, 0.3) is 17.7 Å². The van der Waals surface area contributed by atoms with Gasteiger partial charge < -0.3 is 4.90 Å². The average molecular weight is 495 g/mol. The molecule has 3 amide bonds. The minimum Gasteiger partial charge on any atom is -0.307 e. The van der Waals surface area contributed by atoms with Gasteiger partial charge in [0, 0.05) is 23.8 Å². The molecule has 7 heteroatoms. The Bertz CT molecular complexity index is 1240. The van der Waals surface area contributed by atoms with Crippen LogP contribution in [0.4, 0.5) is 5.69 Å². The van der Waals surface area contributed by atoms with E-state index >= 15 is 0 Å². The predicted molar refractivity (Wildman–Crippen MR) is 135 cm³/mol. The maximum atomic E-state index is 13.6. The van der Waals surface area contributed by atoms with Crippen molar-refractivity contribution in [1.82, 2.24) is 4.90 Å². The zero-order chi connectivity index (χ0) is 24.6. The van der Waals surface area contributed by atoms with Crippen LogP contribution in [-0.2, 0) is 5.41 Å². The van der Waals surface area contributed by atoms with Crippen molar-refractivity contribution >= 4 is 46.6 Å². The fourth-order valence-corrected chi connectivity index (χ4v) is 4.43. The number of rotatable bonds is 5. The molecule has 0 atom stereocenters. The molecule has 5 nitrogen and oxygen atoms in total. The number of imide groups is 1. The second-order valence-corrected chi connectivity index (χ2v) is 10.0. The first kappa shape index (κ1) is 24.0. The third-order valence-electron chi connectivity index (χ3n) is 5.88. The first-order valence-electron chi connectivity index (χ1n) is 10.9. The van der Waals surface area contributed by atoms with Gasteiger partial charge in [0.05, 0.1) is 21.7 Å². The molecule has 0 saturated heterocycles. The van der Waals surface area contributed by atoms with Crippen molar-refractivity contribution in [3.8, 4) is 0 Å². The molecule has 4 rings (SSSR count). The lowest BCUT2D eigenvalue weighted by atomic mass is 9.87. The Morgan fingerprint density at radius 2 is 1.47 bits per heavy atom. The summed E-state index contributed by atoms with van der Waals surface area (Å²) in [5.74, 6) is -1.07. The fourth-order valence-electron chi connectivity index (χ4n) is 3.94. The number of hydrogen-bond acceptors (Lipinski definition) is 3. The van der Waals surface area contributed by atoms with Crippen LogP contribution < -0.4 is 4.90 Å². The number of fused-ring (bicyclic) bond motifs is 1. The van der Waals surface area contributed by atoms with Gasteiger partial charge in [-0.15, -0.1) is 0 Å². The molecule has 1 heterocycles. The van der Waals surface area contributed by atoms with Gasteiger partial charge in [-0.25, -0.2) is 0 Å². The van der Waals surface area contributed by atoms with Crippen molar-refractivity contribution in [3.63, 3.8) is 0 Å². The minimum absolute atomic E-state index is 0.0460. The SMILES string of the molecule is CC(C)(C)c1ccc(N(CCN2C(=O)c3ccccc3C2=O)C(=O)c2ccc(Cl)cc2Cl)cc1. The molecule has 0 aromatic heterocycles. The van der Waals surface area contributed by atoms with Gasteiger partial charge >= 0.3 is 0 Å². The summed E-state index contributed by atoms with van der Waals surface area (Å²) in [7, 11) is 0. The Morgan fingerprint density at radius 1 is 0.882 bits per heavy atom. The van der Waals surface area contributed by atoms with Crippen molar-refractivity contribution in [1.29, 1.82) is 0 Å². The molecule has 34 heavy (non-hydrogen) atoms. The van der Waals surface area contributed by atoms with Crippen LogP contribution in [-0.4, -0.2) is 35.7 Å². The zero-order valence-electron chi connectivity index (χ0n) is 19.1. The van der Waals surface area contributed by atoms with Gasteiger partial charge in [0.2, 0.25) is 0 Å². The quantitative estimate of drug-likeness (QED) is 0.394. The summed E-state index contributed by atoms with van der Waals surface area (Å²) in [5.41, 5.74) is 2.75. The molecule has 174 valence electrons. The van der Waals surface area contributed by atoms with Crippen molar-refractivity contribution in [3.05, 3.63) is 99.0 Å². The number of halogens is 2. The first-order valence-corrected chi connectivity index (χ1v) is 11.7. The van der Waals surface area contributed by atoms with Crippen LogP contribution in [0.1, 0.15) is 57.4 Å². The van der Waals surface area contributed by atoms with Gasteiger partial charge in [-0.2, -0.15) is 0 Å². The van der Waals surface area contributed by atoms with Crippen LogP contribution in [0.3, 0.4) is 0 Å². The number of amides is 3. The van der Waals surface area contributed by atoms with Crippen LogP contribution >= 0.6 is 23.2 Å². The lowest BCUT2D eigenvalue weighted by Gasteiger charge is -2.27. The van der Waals surface area contributed by atoms with Crippen LogP contribution in [0, 0.1) is 0 Å². The number of carbonyl (C=O) groups is 3. The van der Waals surface area contributed by atoms with E-state index in [9.17, 15) is 14.4 Å². The van der Waals surface area contributed by atoms with Crippen LogP contribution in [0.25, 0.3) is 0 Å². The number of nitrogens with zero attached hydrogens (tertiary/aromatic N) is 2. The normalized spacial score (nSPS) is 13.3. The van der Waals surface area contributed by atoms with E-state index in [1.807, 2.05) is 24.3 Å². The summed E-state index contributed by atoms with van der Waals surface area (Å²) < 4.78 is 0. The molecule has 0 N–H and O–H groups in total. The summed E-state index contributed by atoms with van der Waals surface area (Å²) >= 11 is 12.3. The van der Waals surface area contributed by atoms with Gasteiger partial charge in [0.1, 0.15) is 0 Å². The topological polar surface area (TPSA) is 57.7 Å². The van der Waals surface area contributed by atoms with E-state index in [1.165, 1.54) is 15.9 Å². The second-order valence-electron chi connectivity index (χ2n) is 9.19. The predicted octanol–water partition coefficient (Wildman–Crippen LogP) is 6.23. The molecular weight excluding hydrogens is 471 g/mol. The molecule has 1 aliphatic rings. The molecule has 1 aliphatic heterocycles. The average Bonchev–Trinajstić information content (AvgIpc) is 3.04. The summed E-state index contributed by atoms with van der Waals surface area (Å²) in [6.07, 6.45) is 0. The smallest absolute Gasteiger partial charge is 0.261 e. The van der Waals surface area contributed by atoms with E-state index in [0.29, 0.717) is 21.8 Å². The first-order chi connectivity index (χ1) is 16.1. The standard InChI is InChI=1S/C27H24Cl2N2O3/c1-27(2,3)17-8-11-19(12-9-17)30(26(34)22-13-10-18(28)16-23(22)29)14-15-31-24(32)20-6-4-5-7-21(20)25(31)33/h4-13,16H,14-15H2,1-3H3. The Morgan fingerprint density at radius 3 is 2.00 bits per heavy atom. The van der Waals surface area contributed by atoms with Crippen LogP contribution in [0.15, 0.2) is 66.7 Å². The Balaban J connectivity index is 1.65. The van der Waals surface area contributed by atoms with Gasteiger partial charge in [-0.1, -0.05) is 68.2 Å². The Kier molecular flexibility index (Phi) is 6.52. The fraction of sp³-hybridized carbons (Fsp3) is 0.222. The summed E-state index contributed by atoms with van der Waals surface area (Å²) in [6.45, 7) is 6.49. The van der Waals surface area contributed by atoms with E-state index < -0.39 is 0 Å². The highest BCUT2D eigenvalue weighted by Gasteiger charge is 2.35. The van der Waals surface area contributed by atoms with Crippen molar-refractivity contribution in [2.75, 3.05) is 18.0 Å². The molecule has 0 fully saturated rings. The molecule has 0 unspecified atom stereocenters. The maximum Gasteiger partial charge on any atom is 0.261 e. The number of carbonyl (C=O) groups excluding carboxylic acids is 3. The van der Waals surface area contributed by atoms with Crippen molar-refractivity contribution < 1.29 is 14.4 Å². The highest BCUT2D eigenvalue weighted by atomic mass is 35.5. The Labute approximate surface area is 208 Å². The van der Waals surface area contributed by atoms with E-state index in [2.05, 4.69) is 20.8 Å². The summed E-state index contributed by atoms with van der Waals surface area (Å²) in [5, 5.41) is 0.656. The lowest BCUT2D eigenvalue weighted by Crippen LogP contribution is -2.41. The molecule has 0 saturated carbocycles. The number of benzene rings is 3. The maximum absolute atomic E-state index is 13.6. The molecule has 0 radical (unpaired) electrons. The third kappa shape index (κ3) is 4.59. The highest BCUT2D eigenvalue weighted by Crippen LogP contribution is 2.29. The third-order valence-corrected chi connectivity index (χ3v) is 6.42. The molecule has 0 spiro atoms. The Hall–Kier alpha value is -3.15. The minimum atomic E-state index is -0.361. The van der Waals surface area contributed by atoms with E-state index in [1.54, 1.807) is 36.4 Å². The van der Waals surface area contributed by atoms with Gasteiger partial charge in [-0.3, -0.25) is 19.3 Å². The molecular formula is C27H24Cl2N2O3. The van der Waals surface area contributed by atoms with Gasteiger partial charge in [-0.05, 0) is 53.4 Å². The van der Waals surface area contributed by atoms with Crippen molar-refractivity contribution in [2.45, 2.75) is 26.2 Å². The zero-order valence-corrected chi connectivity index (χ0v) is 20.7. The number of hydrogen-bond donors (Lipinski definition) is 0. The van der Waals surface area contributed by atoms with E-state index in [0.717, 1.165) is 5.56 Å². The number of anilines is 1. The second kappa shape index (κ2) is 9.24. The highest BCUT2D eigenvalue weighted by molar-refractivity contribution is 6.37.